The highest BCUT2D eigenvalue weighted by atomic mass is 32.1. The quantitative estimate of drug-likeness (QED) is 0.542. The van der Waals surface area contributed by atoms with Crippen molar-refractivity contribution < 1.29 is 23.5 Å². The summed E-state index contributed by atoms with van der Waals surface area (Å²) in [6.07, 6.45) is 3.86. The summed E-state index contributed by atoms with van der Waals surface area (Å²) < 4.78 is 21.0. The van der Waals surface area contributed by atoms with Gasteiger partial charge >= 0.3 is 5.97 Å². The first-order valence-electron chi connectivity index (χ1n) is 8.15. The number of hydrogen-bond donors (Lipinski definition) is 0. The minimum atomic E-state index is -0.551. The highest BCUT2D eigenvalue weighted by Crippen LogP contribution is 2.28. The second-order valence-corrected chi connectivity index (χ2v) is 6.30. The van der Waals surface area contributed by atoms with Gasteiger partial charge in [0, 0.05) is 0 Å². The van der Waals surface area contributed by atoms with E-state index < -0.39 is 5.97 Å². The topological polar surface area (TPSA) is 83.7 Å². The normalized spacial score (nSPS) is 10.9. The van der Waals surface area contributed by atoms with Crippen LogP contribution in [-0.4, -0.2) is 29.8 Å². The summed E-state index contributed by atoms with van der Waals surface area (Å²) in [5.41, 5.74) is 0.974. The van der Waals surface area contributed by atoms with E-state index in [-0.39, 0.29) is 19.1 Å². The van der Waals surface area contributed by atoms with Gasteiger partial charge in [0.1, 0.15) is 0 Å². The van der Waals surface area contributed by atoms with Gasteiger partial charge in [0.05, 0.1) is 12.0 Å². The van der Waals surface area contributed by atoms with Crippen LogP contribution in [0, 0.1) is 0 Å². The Morgan fingerprint density at radius 2 is 2.19 bits per heavy atom. The number of carbonyl (C=O) groups excluding carboxylic acids is 1. The molecule has 2 aromatic heterocycles. The second-order valence-electron chi connectivity index (χ2n) is 5.35. The van der Waals surface area contributed by atoms with Crippen molar-refractivity contribution in [3.63, 3.8) is 0 Å². The van der Waals surface area contributed by atoms with E-state index in [0.717, 1.165) is 10.4 Å². The van der Waals surface area contributed by atoms with Gasteiger partial charge in [0.15, 0.2) is 24.7 Å². The number of benzene rings is 1. The molecule has 2 heterocycles. The molecule has 0 N–H and O–H groups in total. The largest absolute Gasteiger partial charge is 0.493 e. The maximum atomic E-state index is 11.9. The number of ether oxygens (including phenoxy) is 3. The summed E-state index contributed by atoms with van der Waals surface area (Å²) in [4.78, 5) is 17.0. The first-order chi connectivity index (χ1) is 13.2. The molecule has 0 spiro atoms. The summed E-state index contributed by atoms with van der Waals surface area (Å²) in [5, 5.41) is 5.77. The number of hydrogen-bond acceptors (Lipinski definition) is 8. The summed E-state index contributed by atoms with van der Waals surface area (Å²) in [6, 6.07) is 9.21. The zero-order valence-electron chi connectivity index (χ0n) is 14.9. The number of rotatable bonds is 8. The third-order valence-corrected chi connectivity index (χ3v) is 4.32. The van der Waals surface area contributed by atoms with Gasteiger partial charge in [0.2, 0.25) is 5.82 Å². The Hall–Kier alpha value is -3.13. The molecule has 0 aliphatic heterocycles. The molecule has 0 amide bonds. The molecular weight excluding hydrogens is 368 g/mol. The Morgan fingerprint density at radius 3 is 2.93 bits per heavy atom. The first-order valence-corrected chi connectivity index (χ1v) is 9.03. The molecule has 0 saturated heterocycles. The van der Waals surface area contributed by atoms with Gasteiger partial charge in [-0.05, 0) is 36.1 Å². The van der Waals surface area contributed by atoms with E-state index in [2.05, 4.69) is 10.1 Å². The van der Waals surface area contributed by atoms with Crippen LogP contribution in [0.15, 0.2) is 46.3 Å². The highest BCUT2D eigenvalue weighted by molar-refractivity contribution is 7.13. The third kappa shape index (κ3) is 4.95. The summed E-state index contributed by atoms with van der Waals surface area (Å²) in [7, 11) is 1.54. The Labute approximate surface area is 160 Å². The zero-order valence-corrected chi connectivity index (χ0v) is 15.7. The number of thiophene rings is 1. The molecule has 7 nitrogen and oxygen atoms in total. The summed E-state index contributed by atoms with van der Waals surface area (Å²) >= 11 is 1.50. The molecule has 0 atom stereocenters. The number of carbonyl (C=O) groups is 1. The van der Waals surface area contributed by atoms with Gasteiger partial charge in [-0.2, -0.15) is 4.98 Å². The molecule has 27 heavy (non-hydrogen) atoms. The van der Waals surface area contributed by atoms with Crippen molar-refractivity contribution in [1.29, 1.82) is 0 Å². The standard InChI is InChI=1S/C19H18N2O5S/c1-3-5-13-7-8-14(15(10-13)23-2)24-12-18(22)25-11-17-20-19(21-26-17)16-6-4-9-27-16/h3-10H,11-12H2,1-2H3/b5-3+. The van der Waals surface area contributed by atoms with E-state index in [9.17, 15) is 4.79 Å². The number of esters is 1. The molecule has 0 radical (unpaired) electrons. The predicted octanol–water partition coefficient (Wildman–Crippen LogP) is 3.96. The van der Waals surface area contributed by atoms with Crippen LogP contribution >= 0.6 is 11.3 Å². The predicted molar refractivity (Wildman–Crippen MR) is 101 cm³/mol. The Balaban J connectivity index is 1.51. The van der Waals surface area contributed by atoms with Crippen LogP contribution in [0.25, 0.3) is 16.8 Å². The fourth-order valence-electron chi connectivity index (χ4n) is 2.24. The molecule has 0 aliphatic rings. The van der Waals surface area contributed by atoms with Gasteiger partial charge < -0.3 is 18.7 Å². The number of methoxy groups -OCH3 is 1. The number of nitrogens with zero attached hydrogens (tertiary/aromatic N) is 2. The average Bonchev–Trinajstić information content (AvgIpc) is 3.37. The van der Waals surface area contributed by atoms with Gasteiger partial charge in [-0.25, -0.2) is 4.79 Å². The molecule has 1 aromatic carbocycles. The molecule has 0 aliphatic carbocycles. The minimum absolute atomic E-state index is 0.113. The summed E-state index contributed by atoms with van der Waals surface area (Å²) in [6.45, 7) is 1.56. The van der Waals surface area contributed by atoms with E-state index >= 15 is 0 Å². The van der Waals surface area contributed by atoms with Crippen molar-refractivity contribution >= 4 is 23.4 Å². The van der Waals surface area contributed by atoms with Crippen LogP contribution < -0.4 is 9.47 Å². The van der Waals surface area contributed by atoms with Crippen LogP contribution in [0.4, 0.5) is 0 Å². The van der Waals surface area contributed by atoms with Gasteiger partial charge in [-0.1, -0.05) is 29.4 Å². The van der Waals surface area contributed by atoms with Crippen molar-refractivity contribution in [2.45, 2.75) is 13.5 Å². The Bertz CT molecular complexity index is 918. The molecule has 3 aromatic rings. The fraction of sp³-hybridized carbons (Fsp3) is 0.211. The Kier molecular flexibility index (Phi) is 6.22. The van der Waals surface area contributed by atoms with Crippen molar-refractivity contribution in [2.24, 2.45) is 0 Å². The molecule has 0 bridgehead atoms. The molecule has 140 valence electrons. The van der Waals surface area contributed by atoms with Gasteiger partial charge in [-0.3, -0.25) is 0 Å². The van der Waals surface area contributed by atoms with E-state index in [1.807, 2.05) is 48.7 Å². The van der Waals surface area contributed by atoms with Crippen molar-refractivity contribution in [3.8, 4) is 22.2 Å². The zero-order chi connectivity index (χ0) is 19.1. The highest BCUT2D eigenvalue weighted by Gasteiger charge is 2.13. The monoisotopic (exact) mass is 386 g/mol. The van der Waals surface area contributed by atoms with Crippen LogP contribution in [0.5, 0.6) is 11.5 Å². The summed E-state index contributed by atoms with van der Waals surface area (Å²) in [5.74, 6) is 1.14. The molecule has 0 unspecified atom stereocenters. The van der Waals surface area contributed by atoms with Crippen molar-refractivity contribution in [2.75, 3.05) is 13.7 Å². The van der Waals surface area contributed by atoms with E-state index in [1.54, 1.807) is 13.2 Å². The van der Waals surface area contributed by atoms with E-state index in [1.165, 1.54) is 11.3 Å². The minimum Gasteiger partial charge on any atom is -0.493 e. The lowest BCUT2D eigenvalue weighted by atomic mass is 10.2. The average molecular weight is 386 g/mol. The van der Waals surface area contributed by atoms with E-state index in [0.29, 0.717) is 17.3 Å². The SMILES string of the molecule is C/C=C/c1ccc(OCC(=O)OCc2nc(-c3cccs3)no2)c(OC)c1. The fourth-order valence-corrected chi connectivity index (χ4v) is 2.89. The molecular formula is C19H18N2O5S. The third-order valence-electron chi connectivity index (χ3n) is 3.46. The van der Waals surface area contributed by atoms with E-state index in [4.69, 9.17) is 18.7 Å². The first kappa shape index (κ1) is 18.7. The lowest BCUT2D eigenvalue weighted by molar-refractivity contribution is -0.148. The van der Waals surface area contributed by atoms with Crippen LogP contribution in [0.3, 0.4) is 0 Å². The number of allylic oxidation sites excluding steroid dienone is 1. The molecule has 0 fully saturated rings. The number of aromatic nitrogens is 2. The Morgan fingerprint density at radius 1 is 1.30 bits per heavy atom. The second kappa shape index (κ2) is 9.00. The van der Waals surface area contributed by atoms with Gasteiger partial charge in [0.25, 0.3) is 5.89 Å². The van der Waals surface area contributed by atoms with Crippen LogP contribution in [0.2, 0.25) is 0 Å². The molecule has 3 rings (SSSR count). The van der Waals surface area contributed by atoms with Crippen LogP contribution in [0.1, 0.15) is 18.4 Å². The maximum absolute atomic E-state index is 11.9. The van der Waals surface area contributed by atoms with Crippen molar-refractivity contribution in [3.05, 3.63) is 53.2 Å². The molecule has 0 saturated carbocycles. The lowest BCUT2D eigenvalue weighted by Gasteiger charge is -2.10. The maximum Gasteiger partial charge on any atom is 0.344 e. The molecule has 8 heteroatoms. The lowest BCUT2D eigenvalue weighted by Crippen LogP contribution is -2.15. The van der Waals surface area contributed by atoms with Crippen molar-refractivity contribution in [1.82, 2.24) is 10.1 Å². The smallest absolute Gasteiger partial charge is 0.344 e. The van der Waals surface area contributed by atoms with Crippen LogP contribution in [-0.2, 0) is 16.1 Å². The van der Waals surface area contributed by atoms with Gasteiger partial charge in [-0.15, -0.1) is 11.3 Å².